The molecule has 0 aromatic rings. The van der Waals surface area contributed by atoms with Crippen LogP contribution >= 0.6 is 0 Å². The summed E-state index contributed by atoms with van der Waals surface area (Å²) < 4.78 is 4.99. The van der Waals surface area contributed by atoms with Crippen LogP contribution in [0.1, 0.15) is 53.4 Å². The summed E-state index contributed by atoms with van der Waals surface area (Å²) in [5.41, 5.74) is -0.642. The SMILES string of the molecule is COCC(C)(CC(=O)O)NC(=O)CCCC(C)(C)C. The third-order valence-corrected chi connectivity index (χ3v) is 2.78. The Morgan fingerprint density at radius 1 is 1.21 bits per heavy atom. The van der Waals surface area contributed by atoms with E-state index >= 15 is 0 Å². The monoisotopic (exact) mass is 273 g/mol. The number of rotatable bonds is 8. The van der Waals surface area contributed by atoms with E-state index in [9.17, 15) is 9.59 Å². The summed E-state index contributed by atoms with van der Waals surface area (Å²) in [5.74, 6) is -1.07. The molecule has 0 saturated heterocycles. The predicted molar refractivity (Wildman–Crippen MR) is 74.0 cm³/mol. The zero-order valence-corrected chi connectivity index (χ0v) is 12.7. The van der Waals surface area contributed by atoms with Gasteiger partial charge in [-0.15, -0.1) is 0 Å². The van der Waals surface area contributed by atoms with E-state index in [1.807, 2.05) is 0 Å². The minimum absolute atomic E-state index is 0.120. The molecule has 0 bridgehead atoms. The molecule has 0 fully saturated rings. The van der Waals surface area contributed by atoms with Crippen molar-refractivity contribution in [1.82, 2.24) is 5.32 Å². The van der Waals surface area contributed by atoms with E-state index in [0.29, 0.717) is 6.42 Å². The molecule has 1 amide bonds. The molecule has 0 aromatic carbocycles. The van der Waals surface area contributed by atoms with Crippen LogP contribution in [0.5, 0.6) is 0 Å². The third kappa shape index (κ3) is 9.47. The summed E-state index contributed by atoms with van der Waals surface area (Å²) in [6.07, 6.45) is 2.02. The zero-order chi connectivity index (χ0) is 15.1. The number of hydrogen-bond acceptors (Lipinski definition) is 3. The summed E-state index contributed by atoms with van der Waals surface area (Å²) in [4.78, 5) is 22.7. The average Bonchev–Trinajstić information content (AvgIpc) is 2.12. The predicted octanol–water partition coefficient (Wildman–Crippen LogP) is 2.20. The molecule has 0 rings (SSSR count). The maximum Gasteiger partial charge on any atom is 0.305 e. The first kappa shape index (κ1) is 17.9. The highest BCUT2D eigenvalue weighted by molar-refractivity contribution is 5.78. The number of methoxy groups -OCH3 is 1. The first-order chi connectivity index (χ1) is 8.58. The maximum atomic E-state index is 11.8. The van der Waals surface area contributed by atoms with Gasteiger partial charge in [0.15, 0.2) is 0 Å². The van der Waals surface area contributed by atoms with Crippen molar-refractivity contribution in [3.8, 4) is 0 Å². The summed E-state index contributed by atoms with van der Waals surface area (Å²) in [6.45, 7) is 8.26. The van der Waals surface area contributed by atoms with Gasteiger partial charge < -0.3 is 15.2 Å². The molecule has 1 atom stereocenters. The number of amides is 1. The minimum Gasteiger partial charge on any atom is -0.481 e. The number of hydrogen-bond donors (Lipinski definition) is 2. The zero-order valence-electron chi connectivity index (χ0n) is 12.7. The van der Waals surface area contributed by atoms with Crippen molar-refractivity contribution in [2.24, 2.45) is 5.41 Å². The van der Waals surface area contributed by atoms with E-state index in [1.165, 1.54) is 7.11 Å². The Labute approximate surface area is 115 Å². The van der Waals surface area contributed by atoms with Crippen LogP contribution in [0.3, 0.4) is 0 Å². The standard InChI is InChI=1S/C14H27NO4/c1-13(2,3)8-6-7-11(16)15-14(4,10-19-5)9-12(17)18/h6-10H2,1-5H3,(H,15,16)(H,17,18). The van der Waals surface area contributed by atoms with Crippen LogP contribution in [0.15, 0.2) is 0 Å². The molecule has 1 unspecified atom stereocenters. The molecule has 0 aliphatic rings. The van der Waals surface area contributed by atoms with Gasteiger partial charge in [0.25, 0.3) is 0 Å². The molecule has 112 valence electrons. The molecular weight excluding hydrogens is 246 g/mol. The van der Waals surface area contributed by atoms with Gasteiger partial charge >= 0.3 is 5.97 Å². The highest BCUT2D eigenvalue weighted by Crippen LogP contribution is 2.21. The molecule has 0 aliphatic heterocycles. The molecule has 19 heavy (non-hydrogen) atoms. The molecule has 5 nitrogen and oxygen atoms in total. The number of aliphatic carboxylic acids is 1. The number of ether oxygens (including phenoxy) is 1. The molecule has 0 saturated carbocycles. The Morgan fingerprint density at radius 3 is 2.21 bits per heavy atom. The van der Waals surface area contributed by atoms with Gasteiger partial charge in [-0.2, -0.15) is 0 Å². The molecular formula is C14H27NO4. The van der Waals surface area contributed by atoms with E-state index in [-0.39, 0.29) is 24.3 Å². The number of nitrogens with one attached hydrogen (secondary N) is 1. The largest absolute Gasteiger partial charge is 0.481 e. The fourth-order valence-corrected chi connectivity index (χ4v) is 1.96. The van der Waals surface area contributed by atoms with Crippen molar-refractivity contribution >= 4 is 11.9 Å². The van der Waals surface area contributed by atoms with Gasteiger partial charge in [-0.3, -0.25) is 9.59 Å². The Bertz CT molecular complexity index is 309. The van der Waals surface area contributed by atoms with Crippen molar-refractivity contribution in [3.63, 3.8) is 0 Å². The number of carbonyl (C=O) groups is 2. The van der Waals surface area contributed by atoms with Gasteiger partial charge in [0.2, 0.25) is 5.91 Å². The summed E-state index contributed by atoms with van der Waals surface area (Å²) >= 11 is 0. The number of carboxylic acid groups (broad SMARTS) is 1. The van der Waals surface area contributed by atoms with E-state index in [0.717, 1.165) is 12.8 Å². The van der Waals surface area contributed by atoms with Gasteiger partial charge in [-0.05, 0) is 25.2 Å². The molecule has 2 N–H and O–H groups in total. The van der Waals surface area contributed by atoms with Crippen LogP contribution in [0, 0.1) is 5.41 Å². The number of carboxylic acids is 1. The lowest BCUT2D eigenvalue weighted by atomic mass is 9.89. The second-order valence-electron chi connectivity index (χ2n) is 6.53. The molecule has 0 aliphatic carbocycles. The Hall–Kier alpha value is -1.10. The van der Waals surface area contributed by atoms with Crippen LogP contribution in [-0.2, 0) is 14.3 Å². The normalized spacial score (nSPS) is 14.8. The fraction of sp³-hybridized carbons (Fsp3) is 0.857. The van der Waals surface area contributed by atoms with Crippen LogP contribution in [0.2, 0.25) is 0 Å². The van der Waals surface area contributed by atoms with Gasteiger partial charge in [0.1, 0.15) is 0 Å². The quantitative estimate of drug-likeness (QED) is 0.711. The number of carbonyl (C=O) groups excluding carboxylic acids is 1. The Balaban J connectivity index is 4.28. The highest BCUT2D eigenvalue weighted by Gasteiger charge is 2.29. The van der Waals surface area contributed by atoms with Crippen LogP contribution in [0.25, 0.3) is 0 Å². The molecule has 0 aromatic heterocycles. The lowest BCUT2D eigenvalue weighted by molar-refractivity contribution is -0.139. The fourth-order valence-electron chi connectivity index (χ4n) is 1.96. The summed E-state index contributed by atoms with van der Waals surface area (Å²) in [5, 5.41) is 11.6. The van der Waals surface area contributed by atoms with E-state index in [1.54, 1.807) is 6.92 Å². The maximum absolute atomic E-state index is 11.8. The lowest BCUT2D eigenvalue weighted by Gasteiger charge is -2.28. The Morgan fingerprint density at radius 2 is 1.79 bits per heavy atom. The van der Waals surface area contributed by atoms with Crippen molar-refractivity contribution in [2.45, 2.75) is 58.9 Å². The summed E-state index contributed by atoms with van der Waals surface area (Å²) in [7, 11) is 1.49. The Kier molecular flexibility index (Phi) is 7.05. The molecule has 0 heterocycles. The van der Waals surface area contributed by atoms with Gasteiger partial charge in [-0.1, -0.05) is 20.8 Å². The molecule has 0 spiro atoms. The first-order valence-corrected chi connectivity index (χ1v) is 6.60. The van der Waals surface area contributed by atoms with E-state index < -0.39 is 11.5 Å². The highest BCUT2D eigenvalue weighted by atomic mass is 16.5. The van der Waals surface area contributed by atoms with Crippen LogP contribution < -0.4 is 5.32 Å². The van der Waals surface area contributed by atoms with Crippen LogP contribution in [-0.4, -0.2) is 36.2 Å². The van der Waals surface area contributed by atoms with E-state index in [2.05, 4.69) is 26.1 Å². The second kappa shape index (κ2) is 7.48. The van der Waals surface area contributed by atoms with Gasteiger partial charge in [0.05, 0.1) is 18.6 Å². The van der Waals surface area contributed by atoms with Gasteiger partial charge in [-0.25, -0.2) is 0 Å². The molecule has 5 heteroatoms. The van der Waals surface area contributed by atoms with Crippen molar-refractivity contribution in [1.29, 1.82) is 0 Å². The lowest BCUT2D eigenvalue weighted by Crippen LogP contribution is -2.50. The first-order valence-electron chi connectivity index (χ1n) is 6.60. The topological polar surface area (TPSA) is 75.6 Å². The molecule has 0 radical (unpaired) electrons. The van der Waals surface area contributed by atoms with Crippen LogP contribution in [0.4, 0.5) is 0 Å². The van der Waals surface area contributed by atoms with Crippen molar-refractivity contribution in [3.05, 3.63) is 0 Å². The third-order valence-electron chi connectivity index (χ3n) is 2.78. The average molecular weight is 273 g/mol. The summed E-state index contributed by atoms with van der Waals surface area (Å²) in [6, 6.07) is 0. The second-order valence-corrected chi connectivity index (χ2v) is 6.53. The smallest absolute Gasteiger partial charge is 0.305 e. The minimum atomic E-state index is -0.949. The van der Waals surface area contributed by atoms with Gasteiger partial charge in [0, 0.05) is 13.5 Å². The van der Waals surface area contributed by atoms with E-state index in [4.69, 9.17) is 9.84 Å². The van der Waals surface area contributed by atoms with Crippen molar-refractivity contribution in [2.75, 3.05) is 13.7 Å². The van der Waals surface area contributed by atoms with Crippen molar-refractivity contribution < 1.29 is 19.4 Å².